The predicted octanol–water partition coefficient (Wildman–Crippen LogP) is 3.57. The van der Waals surface area contributed by atoms with Crippen LogP contribution in [0.5, 0.6) is 5.75 Å². The molecule has 3 aromatic heterocycles. The van der Waals surface area contributed by atoms with Crippen molar-refractivity contribution in [1.29, 1.82) is 0 Å². The summed E-state index contributed by atoms with van der Waals surface area (Å²) in [7, 11) is 0. The summed E-state index contributed by atoms with van der Waals surface area (Å²) in [4.78, 5) is 13.3. The van der Waals surface area contributed by atoms with Crippen LogP contribution in [-0.2, 0) is 0 Å². The molecule has 0 spiro atoms. The van der Waals surface area contributed by atoms with Crippen molar-refractivity contribution in [3.8, 4) is 11.6 Å². The molecule has 0 aliphatic rings. The molecule has 4 rings (SSSR count). The highest BCUT2D eigenvalue weighted by atomic mass is 16.3. The first-order valence-electron chi connectivity index (χ1n) is 7.53. The number of nitrogens with zero attached hydrogens (tertiary/aromatic N) is 4. The zero-order chi connectivity index (χ0) is 16.5. The lowest BCUT2D eigenvalue weighted by Crippen LogP contribution is -2.01. The number of anilines is 2. The summed E-state index contributed by atoms with van der Waals surface area (Å²) in [6.45, 7) is 1.96. The van der Waals surface area contributed by atoms with E-state index in [9.17, 15) is 5.11 Å². The van der Waals surface area contributed by atoms with E-state index in [1.165, 1.54) is 0 Å². The molecule has 0 atom stereocenters. The normalized spacial score (nSPS) is 10.9. The van der Waals surface area contributed by atoms with Gasteiger partial charge in [-0.15, -0.1) is 0 Å². The summed E-state index contributed by atoms with van der Waals surface area (Å²) in [5, 5.41) is 13.7. The quantitative estimate of drug-likeness (QED) is 0.604. The van der Waals surface area contributed by atoms with Crippen molar-refractivity contribution in [2.24, 2.45) is 0 Å². The van der Waals surface area contributed by atoms with Crippen LogP contribution in [0.25, 0.3) is 16.9 Å². The molecular weight excluding hydrogens is 302 g/mol. The third kappa shape index (κ3) is 2.54. The van der Waals surface area contributed by atoms with Crippen LogP contribution in [0.1, 0.15) is 5.56 Å². The molecule has 0 fully saturated rings. The summed E-state index contributed by atoms with van der Waals surface area (Å²) >= 11 is 0. The van der Waals surface area contributed by atoms with Gasteiger partial charge in [0.1, 0.15) is 11.6 Å². The van der Waals surface area contributed by atoms with Crippen molar-refractivity contribution in [2.75, 3.05) is 5.32 Å². The van der Waals surface area contributed by atoms with Crippen LogP contribution in [0.2, 0.25) is 0 Å². The Balaban J connectivity index is 1.76. The number of hydrogen-bond acceptors (Lipinski definition) is 5. The lowest BCUT2D eigenvalue weighted by atomic mass is 10.2. The van der Waals surface area contributed by atoms with Crippen LogP contribution in [0.15, 0.2) is 61.1 Å². The molecule has 0 saturated carbocycles. The van der Waals surface area contributed by atoms with Crippen molar-refractivity contribution in [3.63, 3.8) is 0 Å². The summed E-state index contributed by atoms with van der Waals surface area (Å²) in [5.74, 6) is 1.46. The molecular formula is C18H15N5O. The molecule has 118 valence electrons. The molecule has 0 amide bonds. The van der Waals surface area contributed by atoms with Crippen molar-refractivity contribution in [3.05, 3.63) is 66.6 Å². The fraction of sp³-hybridized carbons (Fsp3) is 0.0556. The van der Waals surface area contributed by atoms with Gasteiger partial charge in [0.25, 0.3) is 0 Å². The summed E-state index contributed by atoms with van der Waals surface area (Å²) < 4.78 is 1.91. The van der Waals surface area contributed by atoms with Crippen LogP contribution < -0.4 is 5.32 Å². The first-order chi connectivity index (χ1) is 11.7. The summed E-state index contributed by atoms with van der Waals surface area (Å²) in [5.41, 5.74) is 2.53. The number of nitrogens with one attached hydrogen (secondary N) is 1. The number of aryl methyl sites for hydroxylation is 1. The summed E-state index contributed by atoms with van der Waals surface area (Å²) in [6, 6.07) is 12.8. The van der Waals surface area contributed by atoms with E-state index >= 15 is 0 Å². The average molecular weight is 317 g/mol. The maximum atomic E-state index is 9.65. The molecule has 24 heavy (non-hydrogen) atoms. The number of aromatic hydroxyl groups is 1. The van der Waals surface area contributed by atoms with Crippen LogP contribution in [0, 0.1) is 6.92 Å². The van der Waals surface area contributed by atoms with Gasteiger partial charge >= 0.3 is 0 Å². The molecule has 6 nitrogen and oxygen atoms in total. The lowest BCUT2D eigenvalue weighted by Gasteiger charge is -2.09. The second-order valence-corrected chi connectivity index (χ2v) is 5.47. The number of pyridine rings is 1. The molecule has 0 saturated heterocycles. The highest BCUT2D eigenvalue weighted by molar-refractivity contribution is 5.78. The van der Waals surface area contributed by atoms with Gasteiger partial charge in [0.15, 0.2) is 5.65 Å². The SMILES string of the molecule is Cc1ccc(O)cc1Nc1ncc2ccn(-c3ccccn3)c2n1. The smallest absolute Gasteiger partial charge is 0.229 e. The second-order valence-electron chi connectivity index (χ2n) is 5.47. The van der Waals surface area contributed by atoms with E-state index in [0.717, 1.165) is 28.1 Å². The Morgan fingerprint density at radius 2 is 2.00 bits per heavy atom. The molecule has 0 radical (unpaired) electrons. The fourth-order valence-corrected chi connectivity index (χ4v) is 2.52. The van der Waals surface area contributed by atoms with Gasteiger partial charge in [-0.3, -0.25) is 4.57 Å². The zero-order valence-corrected chi connectivity index (χ0v) is 13.0. The standard InChI is InChI=1S/C18H15N5O/c1-12-5-6-14(24)10-15(12)21-18-20-11-13-7-9-23(17(13)22-18)16-4-2-3-8-19-16/h2-11,24H,1H3,(H,20,21,22). The Hall–Kier alpha value is -3.41. The van der Waals surface area contributed by atoms with Gasteiger partial charge in [-0.1, -0.05) is 12.1 Å². The molecule has 1 aromatic carbocycles. The summed E-state index contributed by atoms with van der Waals surface area (Å²) in [6.07, 6.45) is 5.44. The number of rotatable bonds is 3. The van der Waals surface area contributed by atoms with E-state index in [1.54, 1.807) is 24.5 Å². The topological polar surface area (TPSA) is 75.9 Å². The van der Waals surface area contributed by atoms with E-state index in [1.807, 2.05) is 48.0 Å². The molecule has 0 unspecified atom stereocenters. The van der Waals surface area contributed by atoms with Crippen LogP contribution in [0.4, 0.5) is 11.6 Å². The Bertz CT molecular complexity index is 1010. The lowest BCUT2D eigenvalue weighted by molar-refractivity contribution is 0.475. The minimum atomic E-state index is 0.195. The molecule has 3 heterocycles. The highest BCUT2D eigenvalue weighted by Gasteiger charge is 2.09. The monoisotopic (exact) mass is 317 g/mol. The molecule has 0 bridgehead atoms. The third-order valence-corrected chi connectivity index (χ3v) is 3.79. The van der Waals surface area contributed by atoms with Gasteiger partial charge in [-0.25, -0.2) is 9.97 Å². The Kier molecular flexibility index (Phi) is 3.35. The molecule has 4 aromatic rings. The Morgan fingerprint density at radius 1 is 1.08 bits per heavy atom. The van der Waals surface area contributed by atoms with Crippen molar-refractivity contribution >= 4 is 22.7 Å². The minimum Gasteiger partial charge on any atom is -0.508 e. The van der Waals surface area contributed by atoms with E-state index in [2.05, 4.69) is 20.3 Å². The molecule has 0 aliphatic heterocycles. The van der Waals surface area contributed by atoms with Crippen LogP contribution >= 0.6 is 0 Å². The highest BCUT2D eigenvalue weighted by Crippen LogP contribution is 2.24. The van der Waals surface area contributed by atoms with Gasteiger partial charge in [0.05, 0.1) is 0 Å². The Labute approximate surface area is 138 Å². The van der Waals surface area contributed by atoms with E-state index < -0.39 is 0 Å². The molecule has 2 N–H and O–H groups in total. The predicted molar refractivity (Wildman–Crippen MR) is 92.8 cm³/mol. The maximum Gasteiger partial charge on any atom is 0.229 e. The van der Waals surface area contributed by atoms with Gasteiger partial charge in [-0.2, -0.15) is 4.98 Å². The number of phenolic OH excluding ortho intramolecular Hbond substituents is 1. The van der Waals surface area contributed by atoms with Gasteiger partial charge in [0.2, 0.25) is 5.95 Å². The van der Waals surface area contributed by atoms with Crippen molar-refractivity contribution in [2.45, 2.75) is 6.92 Å². The molecule has 6 heteroatoms. The van der Waals surface area contributed by atoms with Crippen LogP contribution in [0.3, 0.4) is 0 Å². The minimum absolute atomic E-state index is 0.195. The number of aromatic nitrogens is 4. The number of hydrogen-bond donors (Lipinski definition) is 2. The first-order valence-corrected chi connectivity index (χ1v) is 7.53. The number of benzene rings is 1. The maximum absolute atomic E-state index is 9.65. The van der Waals surface area contributed by atoms with Crippen LogP contribution in [-0.4, -0.2) is 24.6 Å². The van der Waals surface area contributed by atoms with Crippen molar-refractivity contribution in [1.82, 2.24) is 19.5 Å². The van der Waals surface area contributed by atoms with Gasteiger partial charge in [-0.05, 0) is 36.8 Å². The Morgan fingerprint density at radius 3 is 2.83 bits per heavy atom. The van der Waals surface area contributed by atoms with E-state index in [0.29, 0.717) is 5.95 Å². The molecule has 0 aliphatic carbocycles. The fourth-order valence-electron chi connectivity index (χ4n) is 2.52. The largest absolute Gasteiger partial charge is 0.508 e. The van der Waals surface area contributed by atoms with E-state index in [-0.39, 0.29) is 5.75 Å². The van der Waals surface area contributed by atoms with Gasteiger partial charge in [0, 0.05) is 35.7 Å². The number of phenols is 1. The first kappa shape index (κ1) is 14.2. The van der Waals surface area contributed by atoms with Crippen molar-refractivity contribution < 1.29 is 5.11 Å². The van der Waals surface area contributed by atoms with Gasteiger partial charge < -0.3 is 10.4 Å². The zero-order valence-electron chi connectivity index (χ0n) is 13.0. The van der Waals surface area contributed by atoms with E-state index in [4.69, 9.17) is 0 Å². The second kappa shape index (κ2) is 5.66. The average Bonchev–Trinajstić information content (AvgIpc) is 3.02. The third-order valence-electron chi connectivity index (χ3n) is 3.79. The number of fused-ring (bicyclic) bond motifs is 1.